The van der Waals surface area contributed by atoms with Gasteiger partial charge in [0, 0.05) is 4.88 Å². The van der Waals surface area contributed by atoms with Crippen LogP contribution in [0.5, 0.6) is 0 Å². The number of nitrogens with zero attached hydrogens (tertiary/aromatic N) is 5. The molecule has 3 aromatic heterocycles. The fourth-order valence-electron chi connectivity index (χ4n) is 2.80. The molecule has 1 aliphatic heterocycles. The van der Waals surface area contributed by atoms with E-state index in [0.29, 0.717) is 11.2 Å². The molecule has 4 rings (SSSR count). The summed E-state index contributed by atoms with van der Waals surface area (Å²) in [5, 5.41) is 35.4. The van der Waals surface area contributed by atoms with Gasteiger partial charge in [-0.3, -0.25) is 4.57 Å². The molecule has 0 bridgehead atoms. The third-order valence-corrected chi connectivity index (χ3v) is 4.95. The first kappa shape index (κ1) is 17.8. The summed E-state index contributed by atoms with van der Waals surface area (Å²) in [5.74, 6) is 0.264. The lowest BCUT2D eigenvalue weighted by molar-refractivity contribution is -0.0511. The largest absolute Gasteiger partial charge is 0.394 e. The Morgan fingerprint density at radius 3 is 2.93 bits per heavy atom. The van der Waals surface area contributed by atoms with Crippen molar-refractivity contribution in [2.75, 3.05) is 17.8 Å². The maximum Gasteiger partial charge on any atom is 0.247 e. The average molecular weight is 391 g/mol. The molecule has 12 heteroatoms. The van der Waals surface area contributed by atoms with E-state index in [-0.39, 0.29) is 11.8 Å². The topological polar surface area (TPSA) is 164 Å². The van der Waals surface area contributed by atoms with Crippen molar-refractivity contribution >= 4 is 40.5 Å². The molecule has 11 nitrogen and oxygen atoms in total. The van der Waals surface area contributed by atoms with E-state index < -0.39 is 31.1 Å². The molecular weight excluding hydrogens is 374 g/mol. The molecule has 0 amide bonds. The molecule has 6 N–H and O–H groups in total. The van der Waals surface area contributed by atoms with E-state index >= 15 is 0 Å². The minimum atomic E-state index is -1.26. The second-order valence-electron chi connectivity index (χ2n) is 5.87. The van der Waals surface area contributed by atoms with Crippen LogP contribution in [0.15, 0.2) is 28.9 Å². The number of hydrogen-bond donors (Lipinski definition) is 5. The number of rotatable bonds is 5. The van der Waals surface area contributed by atoms with Gasteiger partial charge in [0.2, 0.25) is 5.95 Å². The van der Waals surface area contributed by atoms with Gasteiger partial charge in [-0.1, -0.05) is 6.07 Å². The van der Waals surface area contributed by atoms with Crippen LogP contribution >= 0.6 is 11.3 Å². The lowest BCUT2D eigenvalue weighted by Gasteiger charge is -2.16. The van der Waals surface area contributed by atoms with Crippen molar-refractivity contribution in [2.45, 2.75) is 24.5 Å². The zero-order chi connectivity index (χ0) is 19.0. The Bertz CT molecular complexity index is 961. The van der Waals surface area contributed by atoms with Crippen molar-refractivity contribution in [3.8, 4) is 0 Å². The number of ether oxygens (including phenoxy) is 1. The predicted molar refractivity (Wildman–Crippen MR) is 98.3 cm³/mol. The lowest BCUT2D eigenvalue weighted by Crippen LogP contribution is -2.33. The van der Waals surface area contributed by atoms with Gasteiger partial charge in [0.25, 0.3) is 0 Å². The third-order valence-electron chi connectivity index (χ3n) is 4.14. The van der Waals surface area contributed by atoms with Crippen molar-refractivity contribution in [1.82, 2.24) is 19.5 Å². The van der Waals surface area contributed by atoms with Crippen LogP contribution in [-0.2, 0) is 4.74 Å². The van der Waals surface area contributed by atoms with Gasteiger partial charge in [0.15, 0.2) is 17.7 Å². The number of aliphatic hydroxyl groups is 3. The Morgan fingerprint density at radius 2 is 2.22 bits per heavy atom. The molecule has 4 heterocycles. The van der Waals surface area contributed by atoms with Crippen LogP contribution in [0.2, 0.25) is 0 Å². The first-order valence-electron chi connectivity index (χ1n) is 8.03. The molecule has 0 spiro atoms. The van der Waals surface area contributed by atoms with Crippen molar-refractivity contribution in [3.05, 3.63) is 28.7 Å². The van der Waals surface area contributed by atoms with Crippen LogP contribution < -0.4 is 11.2 Å². The minimum absolute atomic E-state index is 0.124. The Balaban J connectivity index is 1.64. The normalized spacial score (nSPS) is 25.6. The molecule has 1 saturated heterocycles. The van der Waals surface area contributed by atoms with Gasteiger partial charge in [-0.15, -0.1) is 11.3 Å². The number of aliphatic hydroxyl groups excluding tert-OH is 3. The van der Waals surface area contributed by atoms with Gasteiger partial charge in [-0.05, 0) is 11.4 Å². The molecule has 4 atom stereocenters. The highest BCUT2D eigenvalue weighted by Gasteiger charge is 2.44. The van der Waals surface area contributed by atoms with Crippen molar-refractivity contribution in [3.63, 3.8) is 0 Å². The number of nitrogen functional groups attached to an aromatic ring is 1. The number of fused-ring (bicyclic) bond motifs is 1. The van der Waals surface area contributed by atoms with Gasteiger partial charge < -0.3 is 25.8 Å². The number of nitrogens with one attached hydrogen (secondary N) is 1. The first-order valence-corrected chi connectivity index (χ1v) is 8.91. The van der Waals surface area contributed by atoms with E-state index in [0.717, 1.165) is 4.88 Å². The molecule has 4 unspecified atom stereocenters. The molecule has 1 aliphatic rings. The summed E-state index contributed by atoms with van der Waals surface area (Å²) < 4.78 is 6.96. The summed E-state index contributed by atoms with van der Waals surface area (Å²) in [5.41, 5.74) is 9.26. The predicted octanol–water partition coefficient (Wildman–Crippen LogP) is -0.473. The molecule has 0 radical (unpaired) electrons. The van der Waals surface area contributed by atoms with E-state index in [2.05, 4.69) is 25.5 Å². The molecule has 0 aliphatic carbocycles. The van der Waals surface area contributed by atoms with Gasteiger partial charge in [0.1, 0.15) is 23.8 Å². The number of hydrazone groups is 1. The maximum absolute atomic E-state index is 10.2. The minimum Gasteiger partial charge on any atom is -0.394 e. The molecule has 3 aromatic rings. The summed E-state index contributed by atoms with van der Waals surface area (Å²) in [6.07, 6.45) is -1.37. The number of aromatic nitrogens is 4. The van der Waals surface area contributed by atoms with Crippen molar-refractivity contribution in [2.24, 2.45) is 5.10 Å². The number of nitrogens with two attached hydrogens (primary N) is 1. The highest BCUT2D eigenvalue weighted by Crippen LogP contribution is 2.32. The number of imidazole rings is 1. The first-order chi connectivity index (χ1) is 13.1. The standard InChI is InChI=1S/C15H17N7O4S/c16-12-9-13(20-15(19-12)21-18-4-7-2-1-3-27-7)22(6-17-9)14-11(25)10(24)8(5-23)26-14/h1-4,6,8,10-11,14,23-25H,5H2,(H3,16,19,20,21)/b18-4+. The Labute approximate surface area is 156 Å². The number of thiophene rings is 1. The van der Waals surface area contributed by atoms with Gasteiger partial charge in [-0.2, -0.15) is 15.1 Å². The monoisotopic (exact) mass is 391 g/mol. The van der Waals surface area contributed by atoms with E-state index in [4.69, 9.17) is 10.5 Å². The molecule has 0 aromatic carbocycles. The molecule has 27 heavy (non-hydrogen) atoms. The third kappa shape index (κ3) is 3.24. The Kier molecular flexibility index (Phi) is 4.72. The lowest BCUT2D eigenvalue weighted by atomic mass is 10.1. The smallest absolute Gasteiger partial charge is 0.247 e. The summed E-state index contributed by atoms with van der Waals surface area (Å²) in [6.45, 7) is -0.428. The van der Waals surface area contributed by atoms with Crippen LogP contribution in [0.3, 0.4) is 0 Å². The summed E-state index contributed by atoms with van der Waals surface area (Å²) in [4.78, 5) is 13.5. The Morgan fingerprint density at radius 1 is 1.37 bits per heavy atom. The molecular formula is C15H17N7O4S. The molecule has 0 saturated carbocycles. The van der Waals surface area contributed by atoms with Crippen molar-refractivity contribution in [1.29, 1.82) is 0 Å². The van der Waals surface area contributed by atoms with Gasteiger partial charge >= 0.3 is 0 Å². The van der Waals surface area contributed by atoms with Crippen LogP contribution in [0, 0.1) is 0 Å². The van der Waals surface area contributed by atoms with E-state index in [9.17, 15) is 15.3 Å². The second kappa shape index (κ2) is 7.17. The average Bonchev–Trinajstić information content (AvgIpc) is 3.37. The van der Waals surface area contributed by atoms with Crippen LogP contribution in [-0.4, -0.2) is 66.0 Å². The maximum atomic E-state index is 10.2. The summed E-state index contributed by atoms with van der Waals surface area (Å²) >= 11 is 1.53. The number of anilines is 2. The van der Waals surface area contributed by atoms with Crippen LogP contribution in [0.1, 0.15) is 11.1 Å². The zero-order valence-corrected chi connectivity index (χ0v) is 14.7. The zero-order valence-electron chi connectivity index (χ0n) is 13.9. The fraction of sp³-hybridized carbons (Fsp3) is 0.333. The fourth-order valence-corrected chi connectivity index (χ4v) is 3.39. The number of hydrogen-bond acceptors (Lipinski definition) is 11. The van der Waals surface area contributed by atoms with E-state index in [1.54, 1.807) is 6.21 Å². The molecule has 1 fully saturated rings. The Hall–Kier alpha value is -2.64. The van der Waals surface area contributed by atoms with Crippen LogP contribution in [0.4, 0.5) is 11.8 Å². The highest BCUT2D eigenvalue weighted by molar-refractivity contribution is 7.11. The SMILES string of the molecule is Nc1nc(N/N=C/c2cccs2)nc2c1ncn2C1OC(CO)C(O)C1O. The van der Waals surface area contributed by atoms with Crippen LogP contribution in [0.25, 0.3) is 11.2 Å². The van der Waals surface area contributed by atoms with Gasteiger partial charge in [-0.25, -0.2) is 10.4 Å². The van der Waals surface area contributed by atoms with Crippen molar-refractivity contribution < 1.29 is 20.1 Å². The summed E-state index contributed by atoms with van der Waals surface area (Å²) in [6, 6.07) is 3.82. The highest BCUT2D eigenvalue weighted by atomic mass is 32.1. The summed E-state index contributed by atoms with van der Waals surface area (Å²) in [7, 11) is 0. The van der Waals surface area contributed by atoms with Gasteiger partial charge in [0.05, 0.1) is 19.1 Å². The second-order valence-corrected chi connectivity index (χ2v) is 6.85. The molecule has 142 valence electrons. The quantitative estimate of drug-likeness (QED) is 0.285. The van der Waals surface area contributed by atoms with E-state index in [1.165, 1.54) is 22.2 Å². The van der Waals surface area contributed by atoms with E-state index in [1.807, 2.05) is 17.5 Å².